The van der Waals surface area contributed by atoms with Crippen LogP contribution in [0.2, 0.25) is 0 Å². The van der Waals surface area contributed by atoms with Gasteiger partial charge in [-0.15, -0.1) is 0 Å². The molecule has 8 aliphatic carbocycles. The van der Waals surface area contributed by atoms with Crippen LogP contribution in [0, 0.1) is 69.0 Å². The van der Waals surface area contributed by atoms with E-state index in [0.29, 0.717) is 39.7 Å². The molecule has 0 aliphatic heterocycles. The Balaban J connectivity index is 0.000000230. The van der Waals surface area contributed by atoms with Gasteiger partial charge in [0.15, 0.2) is 35.0 Å². The quantitative estimate of drug-likeness (QED) is 0.109. The molecule has 11 heteroatoms. The van der Waals surface area contributed by atoms with Gasteiger partial charge in [0.1, 0.15) is 12.2 Å². The first-order valence-corrected chi connectivity index (χ1v) is 22.2. The summed E-state index contributed by atoms with van der Waals surface area (Å²) in [5.41, 5.74) is -3.90. The maximum Gasteiger partial charge on any atom is 0.334 e. The van der Waals surface area contributed by atoms with Crippen LogP contribution < -0.4 is 0 Å². The Labute approximate surface area is 375 Å². The second-order valence-electron chi connectivity index (χ2n) is 21.3. The van der Waals surface area contributed by atoms with Gasteiger partial charge in [-0.05, 0) is 130 Å². The highest BCUT2D eigenvalue weighted by Gasteiger charge is 2.78. The number of ketones is 2. The van der Waals surface area contributed by atoms with Gasteiger partial charge in [0.05, 0.1) is 17.4 Å². The zero-order chi connectivity index (χ0) is 45.5. The van der Waals surface area contributed by atoms with E-state index in [2.05, 4.69) is 27.7 Å². The van der Waals surface area contributed by atoms with Crippen LogP contribution in [0.15, 0.2) is 69.9 Å². The lowest BCUT2D eigenvalue weighted by Crippen LogP contribution is -2.65. The number of ether oxygens (including phenoxy) is 2. The number of aliphatic hydroxyl groups excluding tert-OH is 3. The topological polar surface area (TPSA) is 188 Å². The fraction of sp³-hybridized carbons (Fsp3) is 0.692. The van der Waals surface area contributed by atoms with E-state index in [0.717, 1.165) is 12.8 Å². The normalized spacial score (nSPS) is 44.7. The van der Waals surface area contributed by atoms with E-state index in [-0.39, 0.29) is 72.4 Å². The summed E-state index contributed by atoms with van der Waals surface area (Å²) in [6.07, 6.45) is 6.78. The number of hydrogen-bond donors (Lipinski definition) is 5. The van der Waals surface area contributed by atoms with Gasteiger partial charge < -0.3 is 35.0 Å². The molecule has 8 rings (SSSR count). The molecular weight excluding hydrogens is 801 g/mol. The highest BCUT2D eigenvalue weighted by Crippen LogP contribution is 2.73. The number of esters is 2. The van der Waals surface area contributed by atoms with Gasteiger partial charge in [-0.3, -0.25) is 9.59 Å². The molecular formula is C52H76O11. The number of allylic oxidation sites excluding steroid dienone is 4. The fourth-order valence-electron chi connectivity index (χ4n) is 13.8. The molecule has 0 saturated heterocycles. The summed E-state index contributed by atoms with van der Waals surface area (Å²) in [6, 6.07) is 0. The van der Waals surface area contributed by atoms with Crippen LogP contribution in [0.3, 0.4) is 0 Å². The molecule has 4 bridgehead atoms. The molecule has 0 heterocycles. The lowest BCUT2D eigenvalue weighted by Gasteiger charge is -2.48. The molecule has 16 atom stereocenters. The molecule has 0 aromatic heterocycles. The van der Waals surface area contributed by atoms with Gasteiger partial charge in [-0.25, -0.2) is 9.59 Å². The summed E-state index contributed by atoms with van der Waals surface area (Å²) >= 11 is 0. The zero-order valence-electron chi connectivity index (χ0n) is 38.2. The Morgan fingerprint density at radius 3 is 1.41 bits per heavy atom. The van der Waals surface area contributed by atoms with Crippen molar-refractivity contribution in [1.82, 2.24) is 0 Å². The summed E-state index contributed by atoms with van der Waals surface area (Å²) in [6.45, 7) is 24.2. The predicted octanol–water partition coefficient (Wildman–Crippen LogP) is 6.96. The first-order chi connectivity index (χ1) is 28.2. The first-order valence-electron chi connectivity index (χ1n) is 22.2. The van der Waals surface area contributed by atoms with Gasteiger partial charge in [-0.2, -0.15) is 0 Å². The Morgan fingerprint density at radius 1 is 0.683 bits per heavy atom. The standard InChI is InChI=1S/C25H34O6.C25H34O5.2CH4/c1-7-12(2)22(29)31-21-13(3)10-24-14(4)8-17-18(23(17,5)6)16(20(24)28)9-15(11-26)19(27)25(21,24)30;1-8-12(2)22(28)30-21-14(4)11-24-15(5)10-17-18(23(17,6)7)16(20(24)27)9-13(3)19(26)25(21,24)29;;/h7,9-10,14,16-19,21,26-27,30H,8,11H2,1-6H3;8-9,11,15-19,21,26,29H,10H2,1-7H3;2*1H4/b12-7-;12-8-;;/t14-,16+,17-,18+,19-,21+,24+,25+;15-,16+,17-,18+,19-,21+,24+,25+;;/m11../s1. The average Bonchev–Trinajstić information content (AvgIpc) is 3.92. The summed E-state index contributed by atoms with van der Waals surface area (Å²) in [5, 5.41) is 57.3. The van der Waals surface area contributed by atoms with Crippen molar-refractivity contribution in [2.45, 2.75) is 153 Å². The molecule has 4 saturated carbocycles. The number of hydrogen-bond acceptors (Lipinski definition) is 11. The third-order valence-corrected chi connectivity index (χ3v) is 17.7. The summed E-state index contributed by atoms with van der Waals surface area (Å²) in [4.78, 5) is 53.5. The van der Waals surface area contributed by atoms with Crippen LogP contribution in [0.4, 0.5) is 0 Å². The lowest BCUT2D eigenvalue weighted by molar-refractivity contribution is -0.201. The Bertz CT molecular complexity index is 2130. The molecule has 0 amide bonds. The molecule has 8 aliphatic rings. The SMILES string of the molecule is C.C.C/C=C(/C)C(=O)O[C@H]1C(C)=C[C@]23C(=O)[C@@H](C=C(C)[C@@H](O)[C@]12O)[C@H]1[C@@H](C[C@H]3C)C1(C)C.C/C=C(/C)C(=O)O[C@H]1C(C)=C[C@]23C(=O)[C@@H](C=C(CO)[C@@H](O)[C@]12O)[C@H]1[C@@H](C[C@H]3C)C1(C)C. The third-order valence-electron chi connectivity index (χ3n) is 17.7. The second-order valence-corrected chi connectivity index (χ2v) is 21.3. The highest BCUT2D eigenvalue weighted by atomic mass is 16.6. The van der Waals surface area contributed by atoms with Gasteiger partial charge in [-0.1, -0.05) is 92.9 Å². The number of rotatable bonds is 5. The number of fused-ring (bicyclic) bond motifs is 6. The zero-order valence-corrected chi connectivity index (χ0v) is 38.2. The van der Waals surface area contributed by atoms with Crippen LogP contribution in [0.1, 0.15) is 118 Å². The van der Waals surface area contributed by atoms with E-state index in [1.807, 2.05) is 26.0 Å². The molecule has 0 unspecified atom stereocenters. The van der Waals surface area contributed by atoms with E-state index in [9.17, 15) is 44.7 Å². The average molecular weight is 877 g/mol. The molecule has 4 fully saturated rings. The number of aliphatic hydroxyl groups is 5. The largest absolute Gasteiger partial charge is 0.451 e. The molecule has 63 heavy (non-hydrogen) atoms. The molecule has 0 radical (unpaired) electrons. The molecule has 0 aromatic rings. The maximum absolute atomic E-state index is 14.2. The molecule has 350 valence electrons. The van der Waals surface area contributed by atoms with Crippen molar-refractivity contribution in [3.63, 3.8) is 0 Å². The van der Waals surface area contributed by atoms with Crippen molar-refractivity contribution in [3.8, 4) is 0 Å². The Morgan fingerprint density at radius 2 is 1.05 bits per heavy atom. The predicted molar refractivity (Wildman–Crippen MR) is 241 cm³/mol. The highest BCUT2D eigenvalue weighted by molar-refractivity contribution is 5.97. The summed E-state index contributed by atoms with van der Waals surface area (Å²) in [5.74, 6) is -1.67. The fourth-order valence-corrected chi connectivity index (χ4v) is 13.8. The Kier molecular flexibility index (Phi) is 12.9. The van der Waals surface area contributed by atoms with E-state index < -0.39 is 70.9 Å². The van der Waals surface area contributed by atoms with Crippen LogP contribution in [0.25, 0.3) is 0 Å². The van der Waals surface area contributed by atoms with E-state index >= 15 is 0 Å². The Hall–Kier alpha value is -3.48. The van der Waals surface area contributed by atoms with E-state index in [1.165, 1.54) is 0 Å². The maximum atomic E-state index is 14.2. The molecule has 11 nitrogen and oxygen atoms in total. The van der Waals surface area contributed by atoms with Crippen LogP contribution in [-0.4, -0.2) is 91.3 Å². The minimum Gasteiger partial charge on any atom is -0.451 e. The van der Waals surface area contributed by atoms with Crippen molar-refractivity contribution in [2.75, 3.05) is 6.61 Å². The van der Waals surface area contributed by atoms with Crippen LogP contribution in [-0.2, 0) is 28.7 Å². The lowest BCUT2D eigenvalue weighted by atomic mass is 9.59. The monoisotopic (exact) mass is 877 g/mol. The molecule has 5 N–H and O–H groups in total. The molecule has 2 spiro atoms. The molecule has 0 aromatic carbocycles. The van der Waals surface area contributed by atoms with Gasteiger partial charge in [0, 0.05) is 23.0 Å². The van der Waals surface area contributed by atoms with Crippen LogP contribution in [0.5, 0.6) is 0 Å². The van der Waals surface area contributed by atoms with E-state index in [1.54, 1.807) is 72.8 Å². The van der Waals surface area contributed by atoms with Crippen molar-refractivity contribution in [1.29, 1.82) is 0 Å². The second kappa shape index (κ2) is 16.1. The minimum absolute atomic E-state index is 0. The van der Waals surface area contributed by atoms with Crippen LogP contribution >= 0.6 is 0 Å². The number of carbonyl (C=O) groups is 4. The van der Waals surface area contributed by atoms with Gasteiger partial charge in [0.25, 0.3) is 0 Å². The summed E-state index contributed by atoms with van der Waals surface area (Å²) < 4.78 is 11.5. The number of carbonyl (C=O) groups excluding carboxylic acids is 4. The van der Waals surface area contributed by atoms with Gasteiger partial charge in [0.2, 0.25) is 0 Å². The smallest absolute Gasteiger partial charge is 0.334 e. The van der Waals surface area contributed by atoms with Crippen molar-refractivity contribution >= 4 is 23.5 Å². The third kappa shape index (κ3) is 6.43. The number of Topliss-reactive ketones (excluding diaryl/α,β-unsaturated/α-hetero) is 2. The minimum atomic E-state index is -2.08. The van der Waals surface area contributed by atoms with E-state index in [4.69, 9.17) is 9.47 Å². The van der Waals surface area contributed by atoms with Crippen molar-refractivity contribution < 1.29 is 54.2 Å². The van der Waals surface area contributed by atoms with Crippen molar-refractivity contribution in [3.05, 3.63) is 69.9 Å². The first kappa shape index (κ1) is 50.5. The summed E-state index contributed by atoms with van der Waals surface area (Å²) in [7, 11) is 0. The van der Waals surface area contributed by atoms with Crippen molar-refractivity contribution in [2.24, 2.45) is 69.0 Å². The van der Waals surface area contributed by atoms with Gasteiger partial charge >= 0.3 is 11.9 Å².